The van der Waals surface area contributed by atoms with Gasteiger partial charge in [-0.1, -0.05) is 122 Å². The number of pyridine rings is 1. The summed E-state index contributed by atoms with van der Waals surface area (Å²) >= 11 is 0. The van der Waals surface area contributed by atoms with Gasteiger partial charge in [0.1, 0.15) is 6.54 Å². The van der Waals surface area contributed by atoms with Gasteiger partial charge in [-0.25, -0.2) is 4.57 Å². The van der Waals surface area contributed by atoms with E-state index in [4.69, 9.17) is 0 Å². The Morgan fingerprint density at radius 3 is 1.11 bits per heavy atom. The minimum atomic E-state index is 1.18. The average molecular weight is 375 g/mol. The molecule has 0 aliphatic carbocycles. The average Bonchev–Trinajstić information content (AvgIpc) is 2.70. The highest BCUT2D eigenvalue weighted by atomic mass is 14.9. The van der Waals surface area contributed by atoms with Gasteiger partial charge in [0.25, 0.3) is 0 Å². The van der Waals surface area contributed by atoms with Crippen LogP contribution in [0.25, 0.3) is 0 Å². The van der Waals surface area contributed by atoms with Gasteiger partial charge in [-0.15, -0.1) is 0 Å². The molecular weight excluding hydrogens is 326 g/mol. The van der Waals surface area contributed by atoms with Crippen molar-refractivity contribution in [1.29, 1.82) is 0 Å². The van der Waals surface area contributed by atoms with Crippen LogP contribution in [0, 0.1) is 0 Å². The second-order valence-electron chi connectivity index (χ2n) is 8.48. The van der Waals surface area contributed by atoms with Crippen molar-refractivity contribution in [3.63, 3.8) is 0 Å². The van der Waals surface area contributed by atoms with E-state index in [-0.39, 0.29) is 0 Å². The normalized spacial score (nSPS) is 11.1. The van der Waals surface area contributed by atoms with E-state index in [2.05, 4.69) is 42.1 Å². The second kappa shape index (κ2) is 19.9. The van der Waals surface area contributed by atoms with Crippen LogP contribution in [0.1, 0.15) is 129 Å². The molecule has 1 rings (SSSR count). The molecule has 0 N–H and O–H groups in total. The van der Waals surface area contributed by atoms with Crippen LogP contribution >= 0.6 is 0 Å². The minimum Gasteiger partial charge on any atom is -0.205 e. The van der Waals surface area contributed by atoms with Gasteiger partial charge in [0.2, 0.25) is 0 Å². The topological polar surface area (TPSA) is 3.88 Å². The zero-order valence-electron chi connectivity index (χ0n) is 18.5. The van der Waals surface area contributed by atoms with Crippen LogP contribution in [-0.2, 0) is 6.54 Å². The Kier molecular flexibility index (Phi) is 17.8. The lowest BCUT2D eigenvalue weighted by Gasteiger charge is -2.03. The van der Waals surface area contributed by atoms with Crippen molar-refractivity contribution in [2.45, 2.75) is 135 Å². The van der Waals surface area contributed by atoms with Crippen molar-refractivity contribution in [3.8, 4) is 0 Å². The van der Waals surface area contributed by atoms with Crippen LogP contribution in [0.5, 0.6) is 0 Å². The zero-order chi connectivity index (χ0) is 19.3. The summed E-state index contributed by atoms with van der Waals surface area (Å²) in [4.78, 5) is 0. The molecule has 0 aromatic carbocycles. The summed E-state index contributed by atoms with van der Waals surface area (Å²) in [5.74, 6) is 0. The number of hydrogen-bond acceptors (Lipinski definition) is 0. The summed E-state index contributed by atoms with van der Waals surface area (Å²) in [6.07, 6.45) is 31.9. The number of aryl methyl sites for hydroxylation is 1. The predicted molar refractivity (Wildman–Crippen MR) is 120 cm³/mol. The van der Waals surface area contributed by atoms with Gasteiger partial charge in [-0.05, 0) is 6.42 Å². The summed E-state index contributed by atoms with van der Waals surface area (Å²) in [6.45, 7) is 3.48. The molecule has 27 heavy (non-hydrogen) atoms. The van der Waals surface area contributed by atoms with Crippen LogP contribution in [0.2, 0.25) is 0 Å². The van der Waals surface area contributed by atoms with E-state index in [1.54, 1.807) is 0 Å². The molecular formula is C26H48N+. The molecule has 0 unspecified atom stereocenters. The number of hydrogen-bond donors (Lipinski definition) is 0. The maximum Gasteiger partial charge on any atom is 0.168 e. The molecule has 0 aliphatic rings. The van der Waals surface area contributed by atoms with E-state index >= 15 is 0 Å². The van der Waals surface area contributed by atoms with Crippen LogP contribution in [0.3, 0.4) is 0 Å². The fourth-order valence-corrected chi connectivity index (χ4v) is 3.96. The molecule has 1 aromatic heterocycles. The van der Waals surface area contributed by atoms with Crippen LogP contribution in [0.15, 0.2) is 30.6 Å². The quantitative estimate of drug-likeness (QED) is 0.159. The van der Waals surface area contributed by atoms with Gasteiger partial charge in [0.15, 0.2) is 12.4 Å². The first-order valence-corrected chi connectivity index (χ1v) is 12.4. The van der Waals surface area contributed by atoms with Crippen LogP contribution in [-0.4, -0.2) is 0 Å². The summed E-state index contributed by atoms with van der Waals surface area (Å²) in [5.41, 5.74) is 0. The molecule has 0 amide bonds. The lowest BCUT2D eigenvalue weighted by atomic mass is 10.0. The lowest BCUT2D eigenvalue weighted by Crippen LogP contribution is -2.32. The molecule has 1 aromatic rings. The number of aromatic nitrogens is 1. The van der Waals surface area contributed by atoms with Crippen molar-refractivity contribution in [2.75, 3.05) is 0 Å². The Hall–Kier alpha value is -0.850. The summed E-state index contributed by atoms with van der Waals surface area (Å²) in [6, 6.07) is 6.33. The molecule has 1 heterocycles. The monoisotopic (exact) mass is 374 g/mol. The first kappa shape index (κ1) is 24.2. The van der Waals surface area contributed by atoms with Crippen LogP contribution < -0.4 is 4.57 Å². The van der Waals surface area contributed by atoms with E-state index in [9.17, 15) is 0 Å². The molecule has 0 bridgehead atoms. The molecule has 1 heteroatoms. The van der Waals surface area contributed by atoms with E-state index < -0.39 is 0 Å². The lowest BCUT2D eigenvalue weighted by molar-refractivity contribution is -0.697. The largest absolute Gasteiger partial charge is 0.205 e. The van der Waals surface area contributed by atoms with Crippen molar-refractivity contribution in [3.05, 3.63) is 30.6 Å². The minimum absolute atomic E-state index is 1.18. The van der Waals surface area contributed by atoms with Gasteiger partial charge in [0.05, 0.1) is 0 Å². The van der Waals surface area contributed by atoms with Crippen molar-refractivity contribution < 1.29 is 4.57 Å². The third-order valence-electron chi connectivity index (χ3n) is 5.80. The molecule has 0 fully saturated rings. The van der Waals surface area contributed by atoms with Gasteiger partial charge in [-0.3, -0.25) is 0 Å². The van der Waals surface area contributed by atoms with Crippen molar-refractivity contribution in [1.82, 2.24) is 0 Å². The second-order valence-corrected chi connectivity index (χ2v) is 8.48. The Bertz CT molecular complexity index is 386. The highest BCUT2D eigenvalue weighted by Crippen LogP contribution is 2.14. The molecule has 0 radical (unpaired) electrons. The zero-order valence-corrected chi connectivity index (χ0v) is 18.5. The summed E-state index contributed by atoms with van der Waals surface area (Å²) in [7, 11) is 0. The summed E-state index contributed by atoms with van der Waals surface area (Å²) in [5, 5.41) is 0. The maximum atomic E-state index is 2.30. The van der Waals surface area contributed by atoms with Gasteiger partial charge < -0.3 is 0 Å². The highest BCUT2D eigenvalue weighted by molar-refractivity contribution is 4.83. The Balaban J connectivity index is 1.67. The molecule has 1 nitrogen and oxygen atoms in total. The molecule has 0 atom stereocenters. The molecule has 0 aliphatic heterocycles. The standard InChI is InChI=1S/C26H48N/c1-2-3-4-5-6-7-8-9-10-11-12-13-14-15-16-17-18-19-21-24-27-25-22-20-23-26-27/h20,22-23,25-26H,2-19,21,24H2,1H3/q+1. The van der Waals surface area contributed by atoms with Crippen LogP contribution in [0.4, 0.5) is 0 Å². The smallest absolute Gasteiger partial charge is 0.168 e. The first-order valence-electron chi connectivity index (χ1n) is 12.4. The van der Waals surface area contributed by atoms with Crippen molar-refractivity contribution >= 4 is 0 Å². The molecule has 0 spiro atoms. The predicted octanol–water partition coefficient (Wildman–Crippen LogP) is 8.41. The fourth-order valence-electron chi connectivity index (χ4n) is 3.96. The van der Waals surface area contributed by atoms with E-state index in [0.29, 0.717) is 0 Å². The number of unbranched alkanes of at least 4 members (excludes halogenated alkanes) is 18. The Morgan fingerprint density at radius 1 is 0.407 bits per heavy atom. The number of nitrogens with zero attached hydrogens (tertiary/aromatic N) is 1. The summed E-state index contributed by atoms with van der Waals surface area (Å²) < 4.78 is 2.30. The fraction of sp³-hybridized carbons (Fsp3) is 0.808. The van der Waals surface area contributed by atoms with Gasteiger partial charge in [-0.2, -0.15) is 0 Å². The third kappa shape index (κ3) is 17.0. The molecule has 156 valence electrons. The first-order chi connectivity index (χ1) is 13.4. The molecule has 0 saturated carbocycles. The van der Waals surface area contributed by atoms with E-state index in [1.165, 1.54) is 129 Å². The number of rotatable bonds is 20. The van der Waals surface area contributed by atoms with Gasteiger partial charge >= 0.3 is 0 Å². The SMILES string of the molecule is CCCCCCCCCCCCCCCCCCCCC[n+]1ccccc1. The van der Waals surface area contributed by atoms with E-state index in [1.807, 2.05) is 0 Å². The Morgan fingerprint density at radius 2 is 0.741 bits per heavy atom. The van der Waals surface area contributed by atoms with E-state index in [0.717, 1.165) is 0 Å². The molecule has 0 saturated heterocycles. The van der Waals surface area contributed by atoms with Crippen molar-refractivity contribution in [2.24, 2.45) is 0 Å². The Labute approximate surface area is 171 Å². The maximum absolute atomic E-state index is 2.30. The third-order valence-corrected chi connectivity index (χ3v) is 5.80. The highest BCUT2D eigenvalue weighted by Gasteiger charge is 1.98. The van der Waals surface area contributed by atoms with Gasteiger partial charge in [0, 0.05) is 18.6 Å².